The second-order valence-corrected chi connectivity index (χ2v) is 5.57. The monoisotopic (exact) mass is 285 g/mol. The number of nitrogens with zero attached hydrogens (tertiary/aromatic N) is 2. The third-order valence-electron chi connectivity index (χ3n) is 3.71. The maximum absolute atomic E-state index is 4.47. The largest absolute Gasteiger partial charge is 0.310 e. The molecule has 3 heteroatoms. The third-order valence-corrected chi connectivity index (χ3v) is 3.71. The van der Waals surface area contributed by atoms with Crippen molar-refractivity contribution in [2.75, 3.05) is 6.54 Å². The molecular weight excluding hydrogens is 258 g/mol. The Balaban J connectivity index is 1.99. The second-order valence-electron chi connectivity index (χ2n) is 5.57. The van der Waals surface area contributed by atoms with E-state index in [0.29, 0.717) is 6.04 Å². The molecule has 0 saturated heterocycles. The van der Waals surface area contributed by atoms with Gasteiger partial charge in [-0.05, 0) is 37.8 Å². The van der Waals surface area contributed by atoms with Crippen molar-refractivity contribution in [3.63, 3.8) is 0 Å². The fraction of sp³-hybridized carbons (Fsp3) is 0.500. The van der Waals surface area contributed by atoms with E-state index in [-0.39, 0.29) is 0 Å². The Morgan fingerprint density at radius 3 is 2.67 bits per heavy atom. The maximum atomic E-state index is 4.47. The fourth-order valence-electron chi connectivity index (χ4n) is 2.57. The van der Waals surface area contributed by atoms with E-state index in [9.17, 15) is 0 Å². The Kier molecular flexibility index (Phi) is 6.48. The number of aryl methyl sites for hydroxylation is 2. The van der Waals surface area contributed by atoms with Crippen molar-refractivity contribution in [1.29, 1.82) is 0 Å². The van der Waals surface area contributed by atoms with Gasteiger partial charge in [-0.3, -0.25) is 4.68 Å². The molecule has 2 aromatic rings. The van der Waals surface area contributed by atoms with Crippen LogP contribution in [0.4, 0.5) is 0 Å². The first-order chi connectivity index (χ1) is 10.3. The van der Waals surface area contributed by atoms with Crippen molar-refractivity contribution in [2.24, 2.45) is 0 Å². The molecule has 0 aliphatic heterocycles. The summed E-state index contributed by atoms with van der Waals surface area (Å²) in [4.78, 5) is 0. The molecule has 21 heavy (non-hydrogen) atoms. The van der Waals surface area contributed by atoms with Crippen molar-refractivity contribution in [3.8, 4) is 0 Å². The van der Waals surface area contributed by atoms with E-state index in [1.54, 1.807) is 0 Å². The highest BCUT2D eigenvalue weighted by atomic mass is 15.3. The summed E-state index contributed by atoms with van der Waals surface area (Å²) in [6.07, 6.45) is 8.71. The average molecular weight is 285 g/mol. The van der Waals surface area contributed by atoms with Crippen molar-refractivity contribution in [1.82, 2.24) is 15.1 Å². The summed E-state index contributed by atoms with van der Waals surface area (Å²) in [7, 11) is 0. The predicted octanol–water partition coefficient (Wildman–Crippen LogP) is 3.97. The number of hydrogen-bond donors (Lipinski definition) is 1. The Labute approximate surface area is 128 Å². The molecule has 0 radical (unpaired) electrons. The highest BCUT2D eigenvalue weighted by Gasteiger charge is 2.13. The summed E-state index contributed by atoms with van der Waals surface area (Å²) >= 11 is 0. The Morgan fingerprint density at radius 1 is 1.14 bits per heavy atom. The van der Waals surface area contributed by atoms with Crippen molar-refractivity contribution < 1.29 is 0 Å². The van der Waals surface area contributed by atoms with E-state index in [4.69, 9.17) is 0 Å². The summed E-state index contributed by atoms with van der Waals surface area (Å²) in [6, 6.07) is 11.1. The Morgan fingerprint density at radius 2 is 1.95 bits per heavy atom. The van der Waals surface area contributed by atoms with Crippen LogP contribution in [0.25, 0.3) is 0 Å². The van der Waals surface area contributed by atoms with Gasteiger partial charge in [-0.1, -0.05) is 44.2 Å². The summed E-state index contributed by atoms with van der Waals surface area (Å²) in [6.45, 7) is 6.45. The minimum atomic E-state index is 0.399. The number of aromatic nitrogens is 2. The number of hydrogen-bond acceptors (Lipinski definition) is 2. The quantitative estimate of drug-likeness (QED) is 0.755. The van der Waals surface area contributed by atoms with Crippen molar-refractivity contribution >= 4 is 0 Å². The summed E-state index contributed by atoms with van der Waals surface area (Å²) in [5.74, 6) is 0. The van der Waals surface area contributed by atoms with Crippen LogP contribution in [0.15, 0.2) is 42.7 Å². The van der Waals surface area contributed by atoms with Crippen LogP contribution >= 0.6 is 0 Å². The zero-order chi connectivity index (χ0) is 14.9. The smallest absolute Gasteiger partial charge is 0.0537 e. The van der Waals surface area contributed by atoms with E-state index < -0.39 is 0 Å². The predicted molar refractivity (Wildman–Crippen MR) is 88.3 cm³/mol. The normalized spacial score (nSPS) is 12.5. The van der Waals surface area contributed by atoms with Crippen LogP contribution < -0.4 is 5.32 Å². The Hall–Kier alpha value is -1.61. The van der Waals surface area contributed by atoms with Gasteiger partial charge in [-0.15, -0.1) is 0 Å². The number of rotatable bonds is 9. The van der Waals surface area contributed by atoms with E-state index >= 15 is 0 Å². The van der Waals surface area contributed by atoms with Gasteiger partial charge in [0.05, 0.1) is 6.20 Å². The molecule has 1 heterocycles. The molecule has 1 atom stereocenters. The lowest BCUT2D eigenvalue weighted by Crippen LogP contribution is -2.22. The van der Waals surface area contributed by atoms with Gasteiger partial charge in [-0.25, -0.2) is 0 Å². The van der Waals surface area contributed by atoms with Gasteiger partial charge < -0.3 is 5.32 Å². The van der Waals surface area contributed by atoms with Crippen LogP contribution in [0, 0.1) is 0 Å². The van der Waals surface area contributed by atoms with Crippen LogP contribution in [-0.2, 0) is 13.0 Å². The molecule has 0 fully saturated rings. The van der Waals surface area contributed by atoms with E-state index in [1.165, 1.54) is 11.1 Å². The molecule has 0 amide bonds. The van der Waals surface area contributed by atoms with Crippen molar-refractivity contribution in [3.05, 3.63) is 53.9 Å². The lowest BCUT2D eigenvalue weighted by Gasteiger charge is -2.17. The highest BCUT2D eigenvalue weighted by Crippen LogP contribution is 2.19. The first-order valence-electron chi connectivity index (χ1n) is 8.13. The minimum Gasteiger partial charge on any atom is -0.310 e. The van der Waals surface area contributed by atoms with Gasteiger partial charge in [0.25, 0.3) is 0 Å². The fourth-order valence-corrected chi connectivity index (χ4v) is 2.57. The molecule has 0 spiro atoms. The van der Waals surface area contributed by atoms with Crippen LogP contribution in [0.2, 0.25) is 0 Å². The second kappa shape index (κ2) is 8.63. The molecule has 1 N–H and O–H groups in total. The molecule has 1 aromatic carbocycles. The molecule has 1 unspecified atom stereocenters. The van der Waals surface area contributed by atoms with Crippen LogP contribution in [0.5, 0.6) is 0 Å². The lowest BCUT2D eigenvalue weighted by molar-refractivity contribution is 0.498. The van der Waals surface area contributed by atoms with E-state index in [1.807, 2.05) is 6.20 Å². The summed E-state index contributed by atoms with van der Waals surface area (Å²) in [5.41, 5.74) is 2.72. The SMILES string of the molecule is CCCNC(CCc1ccccc1)c1cnn(CCC)c1. The molecule has 0 aliphatic rings. The van der Waals surface area contributed by atoms with Gasteiger partial charge in [0.15, 0.2) is 0 Å². The maximum Gasteiger partial charge on any atom is 0.0537 e. The summed E-state index contributed by atoms with van der Waals surface area (Å²) < 4.78 is 2.05. The van der Waals surface area contributed by atoms with Gasteiger partial charge in [0, 0.05) is 24.3 Å². The molecule has 2 rings (SSSR count). The zero-order valence-electron chi connectivity index (χ0n) is 13.3. The number of nitrogens with one attached hydrogen (secondary N) is 1. The minimum absolute atomic E-state index is 0.399. The van der Waals surface area contributed by atoms with Gasteiger partial charge in [-0.2, -0.15) is 5.10 Å². The molecule has 114 valence electrons. The number of benzene rings is 1. The lowest BCUT2D eigenvalue weighted by atomic mass is 10.0. The first-order valence-corrected chi connectivity index (χ1v) is 8.13. The molecule has 0 saturated carbocycles. The van der Waals surface area contributed by atoms with Gasteiger partial charge in [0.2, 0.25) is 0 Å². The van der Waals surface area contributed by atoms with Gasteiger partial charge >= 0.3 is 0 Å². The average Bonchev–Trinajstić information content (AvgIpc) is 2.97. The third kappa shape index (κ3) is 5.01. The first kappa shape index (κ1) is 15.8. The molecule has 0 bridgehead atoms. The molecular formula is C18H27N3. The van der Waals surface area contributed by atoms with Crippen molar-refractivity contribution in [2.45, 2.75) is 52.1 Å². The van der Waals surface area contributed by atoms with E-state index in [2.05, 4.69) is 65.5 Å². The van der Waals surface area contributed by atoms with Crippen LogP contribution in [0.3, 0.4) is 0 Å². The Bertz CT molecular complexity index is 504. The van der Waals surface area contributed by atoms with Crippen LogP contribution in [0.1, 0.15) is 50.3 Å². The standard InChI is InChI=1S/C18H27N3/c1-3-12-19-18(11-10-16-8-6-5-7-9-16)17-14-20-21(15-17)13-4-2/h5-9,14-15,18-19H,3-4,10-13H2,1-2H3. The zero-order valence-corrected chi connectivity index (χ0v) is 13.3. The van der Waals surface area contributed by atoms with Crippen LogP contribution in [-0.4, -0.2) is 16.3 Å². The molecule has 1 aromatic heterocycles. The summed E-state index contributed by atoms with van der Waals surface area (Å²) in [5, 5.41) is 8.12. The topological polar surface area (TPSA) is 29.9 Å². The highest BCUT2D eigenvalue weighted by molar-refractivity contribution is 5.16. The molecule has 0 aliphatic carbocycles. The molecule has 3 nitrogen and oxygen atoms in total. The van der Waals surface area contributed by atoms with E-state index in [0.717, 1.165) is 38.8 Å². The van der Waals surface area contributed by atoms with Gasteiger partial charge in [0.1, 0.15) is 0 Å².